The van der Waals surface area contributed by atoms with E-state index in [9.17, 15) is 0 Å². The van der Waals surface area contributed by atoms with Crippen LogP contribution in [0.3, 0.4) is 0 Å². The number of hydrogen-bond donors (Lipinski definition) is 1. The molecule has 2 heterocycles. The standard InChI is InChI=1S/C15H15ClN2OS2/c1-3-19-10-4-5-11-13(8-10)21-15(18-11)17-9(2)12-6-7-14(16)20-12/h4-9H,3H2,1-2H3,(H,17,18). The second kappa shape index (κ2) is 6.22. The Morgan fingerprint density at radius 2 is 2.14 bits per heavy atom. The zero-order valence-electron chi connectivity index (χ0n) is 11.7. The minimum Gasteiger partial charge on any atom is -0.494 e. The van der Waals surface area contributed by atoms with Gasteiger partial charge in [-0.25, -0.2) is 4.98 Å². The van der Waals surface area contributed by atoms with E-state index >= 15 is 0 Å². The maximum absolute atomic E-state index is 5.98. The minimum atomic E-state index is 0.189. The van der Waals surface area contributed by atoms with Gasteiger partial charge in [0.05, 0.1) is 27.2 Å². The number of hydrogen-bond acceptors (Lipinski definition) is 5. The molecule has 0 amide bonds. The van der Waals surface area contributed by atoms with Gasteiger partial charge < -0.3 is 10.1 Å². The lowest BCUT2D eigenvalue weighted by molar-refractivity contribution is 0.341. The molecule has 0 spiro atoms. The molecule has 0 aliphatic carbocycles. The van der Waals surface area contributed by atoms with Gasteiger partial charge in [0.25, 0.3) is 0 Å². The molecule has 0 saturated carbocycles. The van der Waals surface area contributed by atoms with E-state index in [0.717, 1.165) is 25.4 Å². The number of halogens is 1. The topological polar surface area (TPSA) is 34.1 Å². The van der Waals surface area contributed by atoms with E-state index < -0.39 is 0 Å². The fraction of sp³-hybridized carbons (Fsp3) is 0.267. The van der Waals surface area contributed by atoms with Gasteiger partial charge in [-0.3, -0.25) is 0 Å². The minimum absolute atomic E-state index is 0.189. The summed E-state index contributed by atoms with van der Waals surface area (Å²) in [6.07, 6.45) is 0. The van der Waals surface area contributed by atoms with Crippen LogP contribution < -0.4 is 10.1 Å². The molecule has 0 aliphatic heterocycles. The highest BCUT2D eigenvalue weighted by atomic mass is 35.5. The van der Waals surface area contributed by atoms with Crippen LogP contribution in [0.4, 0.5) is 5.13 Å². The molecule has 3 rings (SSSR count). The normalized spacial score (nSPS) is 12.5. The van der Waals surface area contributed by atoms with Gasteiger partial charge >= 0.3 is 0 Å². The van der Waals surface area contributed by atoms with Crippen LogP contribution in [0, 0.1) is 0 Å². The van der Waals surface area contributed by atoms with E-state index in [4.69, 9.17) is 16.3 Å². The molecule has 21 heavy (non-hydrogen) atoms. The highest BCUT2D eigenvalue weighted by Crippen LogP contribution is 2.33. The number of nitrogens with one attached hydrogen (secondary N) is 1. The van der Waals surface area contributed by atoms with Crippen LogP contribution in [0.15, 0.2) is 30.3 Å². The zero-order valence-corrected chi connectivity index (χ0v) is 14.1. The van der Waals surface area contributed by atoms with Crippen molar-refractivity contribution in [3.63, 3.8) is 0 Å². The average Bonchev–Trinajstić information content (AvgIpc) is 3.04. The molecule has 0 bridgehead atoms. The Morgan fingerprint density at radius 3 is 2.86 bits per heavy atom. The van der Waals surface area contributed by atoms with Gasteiger partial charge in [0.2, 0.25) is 0 Å². The molecule has 0 aliphatic rings. The molecule has 1 N–H and O–H groups in total. The van der Waals surface area contributed by atoms with Crippen molar-refractivity contribution in [1.82, 2.24) is 4.98 Å². The molecule has 6 heteroatoms. The summed E-state index contributed by atoms with van der Waals surface area (Å²) in [5.41, 5.74) is 0.988. The van der Waals surface area contributed by atoms with Gasteiger partial charge in [0.15, 0.2) is 5.13 Å². The van der Waals surface area contributed by atoms with E-state index in [-0.39, 0.29) is 6.04 Å². The largest absolute Gasteiger partial charge is 0.494 e. The summed E-state index contributed by atoms with van der Waals surface area (Å²) in [5, 5.41) is 4.34. The van der Waals surface area contributed by atoms with E-state index in [0.29, 0.717) is 6.61 Å². The number of rotatable bonds is 5. The van der Waals surface area contributed by atoms with Gasteiger partial charge in [0, 0.05) is 4.88 Å². The van der Waals surface area contributed by atoms with Crippen LogP contribution in [0.1, 0.15) is 24.8 Å². The van der Waals surface area contributed by atoms with E-state index in [1.807, 2.05) is 37.3 Å². The molecular weight excluding hydrogens is 324 g/mol. The molecule has 2 aromatic heterocycles. The third kappa shape index (κ3) is 3.31. The van der Waals surface area contributed by atoms with Crippen molar-refractivity contribution < 1.29 is 4.74 Å². The number of thiophene rings is 1. The number of thiazole rings is 1. The number of fused-ring (bicyclic) bond motifs is 1. The SMILES string of the molecule is CCOc1ccc2nc(NC(C)c3ccc(Cl)s3)sc2c1. The van der Waals surface area contributed by atoms with Crippen molar-refractivity contribution in [2.75, 3.05) is 11.9 Å². The Balaban J connectivity index is 1.80. The Bertz CT molecular complexity index is 753. The van der Waals surface area contributed by atoms with E-state index in [1.54, 1.807) is 22.7 Å². The molecule has 3 nitrogen and oxygen atoms in total. The van der Waals surface area contributed by atoms with Gasteiger partial charge in [-0.1, -0.05) is 22.9 Å². The second-order valence-corrected chi connectivity index (χ2v) is 7.37. The fourth-order valence-corrected chi connectivity index (χ4v) is 4.09. The van der Waals surface area contributed by atoms with Crippen LogP contribution in [0.2, 0.25) is 4.34 Å². The molecule has 1 aromatic carbocycles. The molecule has 3 aromatic rings. The molecule has 1 atom stereocenters. The quantitative estimate of drug-likeness (QED) is 0.659. The van der Waals surface area contributed by atoms with Gasteiger partial charge in [-0.2, -0.15) is 0 Å². The summed E-state index contributed by atoms with van der Waals surface area (Å²) in [7, 11) is 0. The Morgan fingerprint density at radius 1 is 1.29 bits per heavy atom. The van der Waals surface area contributed by atoms with E-state index in [1.165, 1.54) is 4.88 Å². The summed E-state index contributed by atoms with van der Waals surface area (Å²) in [5.74, 6) is 0.887. The summed E-state index contributed by atoms with van der Waals surface area (Å²) >= 11 is 9.21. The number of ether oxygens (including phenoxy) is 1. The lowest BCUT2D eigenvalue weighted by atomic mass is 10.3. The average molecular weight is 339 g/mol. The fourth-order valence-electron chi connectivity index (χ4n) is 2.04. The second-order valence-electron chi connectivity index (χ2n) is 4.59. The smallest absolute Gasteiger partial charge is 0.184 e. The Labute approximate surface area is 136 Å². The molecule has 1 unspecified atom stereocenters. The first-order valence-electron chi connectivity index (χ1n) is 6.71. The zero-order chi connectivity index (χ0) is 14.8. The van der Waals surface area contributed by atoms with Gasteiger partial charge in [-0.05, 0) is 44.2 Å². The summed E-state index contributed by atoms with van der Waals surface area (Å²) in [4.78, 5) is 5.81. The molecular formula is C15H15ClN2OS2. The maximum atomic E-state index is 5.98. The van der Waals surface area contributed by atoms with Crippen molar-refractivity contribution >= 4 is 49.6 Å². The first-order valence-corrected chi connectivity index (χ1v) is 8.72. The van der Waals surface area contributed by atoms with Crippen LogP contribution in [0.5, 0.6) is 5.75 Å². The summed E-state index contributed by atoms with van der Waals surface area (Å²) < 4.78 is 7.46. The lowest BCUT2D eigenvalue weighted by Gasteiger charge is -2.09. The predicted molar refractivity (Wildman–Crippen MR) is 92.2 cm³/mol. The van der Waals surface area contributed by atoms with Crippen molar-refractivity contribution in [2.45, 2.75) is 19.9 Å². The van der Waals surface area contributed by atoms with E-state index in [2.05, 4.69) is 17.2 Å². The van der Waals surface area contributed by atoms with Gasteiger partial charge in [-0.15, -0.1) is 11.3 Å². The Kier molecular flexibility index (Phi) is 4.33. The molecule has 0 saturated heterocycles. The maximum Gasteiger partial charge on any atom is 0.184 e. The van der Waals surface area contributed by atoms with Gasteiger partial charge in [0.1, 0.15) is 5.75 Å². The van der Waals surface area contributed by atoms with Crippen LogP contribution in [0.25, 0.3) is 10.2 Å². The molecule has 110 valence electrons. The number of aromatic nitrogens is 1. The molecule has 0 fully saturated rings. The predicted octanol–water partition coefficient (Wildman–Crippen LogP) is 5.58. The number of benzene rings is 1. The lowest BCUT2D eigenvalue weighted by Crippen LogP contribution is -2.03. The van der Waals surface area contributed by atoms with Crippen LogP contribution >= 0.6 is 34.3 Å². The van der Waals surface area contributed by atoms with Crippen LogP contribution in [-0.2, 0) is 0 Å². The van der Waals surface area contributed by atoms with Crippen molar-refractivity contribution in [3.05, 3.63) is 39.5 Å². The Hall–Kier alpha value is -1.30. The first kappa shape index (κ1) is 14.6. The third-order valence-electron chi connectivity index (χ3n) is 3.03. The molecule has 0 radical (unpaired) electrons. The van der Waals surface area contributed by atoms with Crippen molar-refractivity contribution in [3.8, 4) is 5.75 Å². The summed E-state index contributed by atoms with van der Waals surface area (Å²) in [6.45, 7) is 4.77. The first-order chi connectivity index (χ1) is 10.2. The monoisotopic (exact) mass is 338 g/mol. The summed E-state index contributed by atoms with van der Waals surface area (Å²) in [6, 6.07) is 10.1. The van der Waals surface area contributed by atoms with Crippen molar-refractivity contribution in [1.29, 1.82) is 0 Å². The number of nitrogens with zero attached hydrogens (tertiary/aromatic N) is 1. The van der Waals surface area contributed by atoms with Crippen LogP contribution in [-0.4, -0.2) is 11.6 Å². The highest BCUT2D eigenvalue weighted by molar-refractivity contribution is 7.22. The number of anilines is 1. The third-order valence-corrected chi connectivity index (χ3v) is 5.39. The highest BCUT2D eigenvalue weighted by Gasteiger charge is 2.11. The van der Waals surface area contributed by atoms with Crippen molar-refractivity contribution in [2.24, 2.45) is 0 Å².